The van der Waals surface area contributed by atoms with Crippen molar-refractivity contribution in [2.45, 2.75) is 44.4 Å². The van der Waals surface area contributed by atoms with Gasteiger partial charge in [-0.15, -0.1) is 0 Å². The highest BCUT2D eigenvalue weighted by Gasteiger charge is 2.53. The van der Waals surface area contributed by atoms with E-state index >= 15 is 0 Å². The van der Waals surface area contributed by atoms with Crippen molar-refractivity contribution in [3.63, 3.8) is 0 Å². The Morgan fingerprint density at radius 2 is 1.71 bits per heavy atom. The Hall–Kier alpha value is -3.35. The molecule has 1 aliphatic heterocycles. The van der Waals surface area contributed by atoms with Crippen LogP contribution in [0, 0.1) is 11.3 Å². The number of carbonyl (C=O) groups excluding carboxylic acids is 2. The molecule has 2 fully saturated rings. The van der Waals surface area contributed by atoms with Crippen molar-refractivity contribution < 1.29 is 24.2 Å². The number of carboxylic acid groups (broad SMARTS) is 1. The number of carboxylic acids is 1. The maximum atomic E-state index is 12.7. The van der Waals surface area contributed by atoms with E-state index in [4.69, 9.17) is 4.74 Å². The quantitative estimate of drug-likeness (QED) is 0.577. The number of ether oxygens (including phenoxy) is 1. The number of amides is 2. The summed E-state index contributed by atoms with van der Waals surface area (Å²) in [5.41, 5.74) is 3.92. The van der Waals surface area contributed by atoms with Gasteiger partial charge >= 0.3 is 12.1 Å². The van der Waals surface area contributed by atoms with E-state index < -0.39 is 17.5 Å². The predicted octanol–water partition coefficient (Wildman–Crippen LogP) is 4.41. The summed E-state index contributed by atoms with van der Waals surface area (Å²) in [5, 5.41) is 12.6. The molecule has 2 aliphatic carbocycles. The number of benzene rings is 2. The first-order valence-electron chi connectivity index (χ1n) is 12.6. The van der Waals surface area contributed by atoms with Crippen LogP contribution in [0.1, 0.15) is 55.6 Å². The number of aliphatic carboxylic acids is 1. The smallest absolute Gasteiger partial charge is 0.407 e. The summed E-state index contributed by atoms with van der Waals surface area (Å²) in [6.07, 6.45) is 3.76. The molecule has 0 bridgehead atoms. The molecule has 1 heterocycles. The molecule has 0 radical (unpaired) electrons. The number of hydrogen-bond acceptors (Lipinski definition) is 4. The summed E-state index contributed by atoms with van der Waals surface area (Å²) < 4.78 is 5.54. The van der Waals surface area contributed by atoms with Crippen LogP contribution in [-0.4, -0.2) is 54.2 Å². The first-order valence-corrected chi connectivity index (χ1v) is 12.6. The second kappa shape index (κ2) is 9.72. The number of hydrogen-bond donors (Lipinski definition) is 2. The summed E-state index contributed by atoms with van der Waals surface area (Å²) in [5.74, 6) is -0.740. The molecular weight excluding hydrogens is 444 g/mol. The molecule has 2 amide bonds. The van der Waals surface area contributed by atoms with Gasteiger partial charge in [0.2, 0.25) is 5.91 Å². The van der Waals surface area contributed by atoms with Crippen LogP contribution in [0.15, 0.2) is 48.5 Å². The standard InChI is InChI=1S/C28H32N2O5/c31-25(30-16-19-8-5-6-14-28(19,18-30)26(32)33)13-7-15-29-27(34)35-17-24-22-11-3-1-9-20(22)21-10-2-4-12-23(21)24/h1-4,9-12,19,24H,5-8,13-18H2,(H,29,34)(H,32,33). The number of likely N-dealkylation sites (tertiary alicyclic amines) is 1. The normalized spacial score (nSPS) is 22.7. The van der Waals surface area contributed by atoms with Gasteiger partial charge in [0, 0.05) is 32.0 Å². The van der Waals surface area contributed by atoms with Crippen LogP contribution in [0.2, 0.25) is 0 Å². The zero-order valence-corrected chi connectivity index (χ0v) is 19.9. The van der Waals surface area contributed by atoms with Crippen molar-refractivity contribution in [3.8, 4) is 11.1 Å². The van der Waals surface area contributed by atoms with Gasteiger partial charge < -0.3 is 20.1 Å². The third kappa shape index (κ3) is 4.40. The lowest BCUT2D eigenvalue weighted by atomic mass is 9.68. The fourth-order valence-electron chi connectivity index (χ4n) is 6.23. The van der Waals surface area contributed by atoms with Gasteiger partial charge in [0.1, 0.15) is 6.61 Å². The minimum Gasteiger partial charge on any atom is -0.481 e. The molecule has 5 rings (SSSR count). The van der Waals surface area contributed by atoms with Gasteiger partial charge in [-0.25, -0.2) is 4.79 Å². The summed E-state index contributed by atoms with van der Waals surface area (Å²) >= 11 is 0. The van der Waals surface area contributed by atoms with Crippen molar-refractivity contribution in [3.05, 3.63) is 59.7 Å². The minimum atomic E-state index is -0.770. The second-order valence-corrected chi connectivity index (χ2v) is 10.0. The van der Waals surface area contributed by atoms with Crippen LogP contribution in [-0.2, 0) is 14.3 Å². The van der Waals surface area contributed by atoms with E-state index in [0.29, 0.717) is 32.5 Å². The van der Waals surface area contributed by atoms with E-state index in [-0.39, 0.29) is 30.8 Å². The molecule has 0 spiro atoms. The molecule has 7 heteroatoms. The van der Waals surface area contributed by atoms with E-state index in [2.05, 4.69) is 29.6 Å². The van der Waals surface area contributed by atoms with Gasteiger partial charge in [0.15, 0.2) is 0 Å². The Morgan fingerprint density at radius 1 is 1.03 bits per heavy atom. The Kier molecular flexibility index (Phi) is 6.50. The first-order chi connectivity index (χ1) is 17.0. The lowest BCUT2D eigenvalue weighted by Gasteiger charge is -2.34. The van der Waals surface area contributed by atoms with Gasteiger partial charge in [-0.2, -0.15) is 0 Å². The van der Waals surface area contributed by atoms with Gasteiger partial charge in [-0.05, 0) is 47.4 Å². The van der Waals surface area contributed by atoms with Crippen LogP contribution >= 0.6 is 0 Å². The molecule has 2 N–H and O–H groups in total. The summed E-state index contributed by atoms with van der Waals surface area (Å²) in [6.45, 7) is 1.44. The Labute approximate surface area is 205 Å². The number of alkyl carbamates (subject to hydrolysis) is 1. The molecule has 0 aromatic heterocycles. The molecular formula is C28H32N2O5. The van der Waals surface area contributed by atoms with Crippen molar-refractivity contribution in [1.82, 2.24) is 10.2 Å². The van der Waals surface area contributed by atoms with E-state index in [1.165, 1.54) is 11.1 Å². The van der Waals surface area contributed by atoms with Crippen LogP contribution in [0.4, 0.5) is 4.79 Å². The maximum absolute atomic E-state index is 12.7. The molecule has 35 heavy (non-hydrogen) atoms. The predicted molar refractivity (Wildman–Crippen MR) is 131 cm³/mol. The summed E-state index contributed by atoms with van der Waals surface area (Å²) in [4.78, 5) is 38.7. The van der Waals surface area contributed by atoms with Crippen molar-refractivity contribution in [1.29, 1.82) is 0 Å². The molecule has 1 saturated heterocycles. The second-order valence-electron chi connectivity index (χ2n) is 10.0. The monoisotopic (exact) mass is 476 g/mol. The van der Waals surface area contributed by atoms with E-state index in [0.717, 1.165) is 30.4 Å². The Balaban J connectivity index is 1.07. The highest BCUT2D eigenvalue weighted by atomic mass is 16.5. The van der Waals surface area contributed by atoms with E-state index in [9.17, 15) is 19.5 Å². The van der Waals surface area contributed by atoms with E-state index in [1.807, 2.05) is 24.3 Å². The van der Waals surface area contributed by atoms with Gasteiger partial charge in [-0.1, -0.05) is 61.4 Å². The molecule has 2 unspecified atom stereocenters. The average Bonchev–Trinajstić information content (AvgIpc) is 3.43. The van der Waals surface area contributed by atoms with Gasteiger partial charge in [0.05, 0.1) is 5.41 Å². The van der Waals surface area contributed by atoms with Gasteiger partial charge in [-0.3, -0.25) is 9.59 Å². The summed E-state index contributed by atoms with van der Waals surface area (Å²) in [7, 11) is 0. The Bertz CT molecular complexity index is 1090. The topological polar surface area (TPSA) is 95.9 Å². The lowest BCUT2D eigenvalue weighted by molar-refractivity contribution is -0.152. The van der Waals surface area contributed by atoms with Crippen LogP contribution < -0.4 is 5.32 Å². The molecule has 3 aliphatic rings. The third-order valence-electron chi connectivity index (χ3n) is 8.08. The molecule has 1 saturated carbocycles. The highest BCUT2D eigenvalue weighted by molar-refractivity contribution is 5.81. The average molecular weight is 477 g/mol. The molecule has 2 aromatic carbocycles. The number of carbonyl (C=O) groups is 3. The first kappa shape index (κ1) is 23.4. The molecule has 2 aromatic rings. The maximum Gasteiger partial charge on any atom is 0.407 e. The van der Waals surface area contributed by atoms with E-state index in [1.54, 1.807) is 4.90 Å². The Morgan fingerprint density at radius 3 is 2.37 bits per heavy atom. The minimum absolute atomic E-state index is 0.00924. The van der Waals surface area contributed by atoms with Crippen molar-refractivity contribution in [2.75, 3.05) is 26.2 Å². The number of rotatable bonds is 7. The van der Waals surface area contributed by atoms with Crippen LogP contribution in [0.3, 0.4) is 0 Å². The van der Waals surface area contributed by atoms with Crippen molar-refractivity contribution in [2.24, 2.45) is 11.3 Å². The molecule has 7 nitrogen and oxygen atoms in total. The zero-order valence-electron chi connectivity index (χ0n) is 19.9. The summed E-state index contributed by atoms with van der Waals surface area (Å²) in [6, 6.07) is 16.4. The molecule has 184 valence electrons. The molecule has 2 atom stereocenters. The van der Waals surface area contributed by atoms with Crippen molar-refractivity contribution >= 4 is 18.0 Å². The highest BCUT2D eigenvalue weighted by Crippen LogP contribution is 2.47. The fraction of sp³-hybridized carbons (Fsp3) is 0.464. The SMILES string of the molecule is O=C(NCCCC(=O)N1CC2CCCCC2(C(=O)O)C1)OCC1c2ccccc2-c2ccccc21. The lowest BCUT2D eigenvalue weighted by Crippen LogP contribution is -2.41. The largest absolute Gasteiger partial charge is 0.481 e. The number of nitrogens with one attached hydrogen (secondary N) is 1. The number of fused-ring (bicyclic) bond motifs is 4. The zero-order chi connectivity index (χ0) is 24.4. The van der Waals surface area contributed by atoms with Crippen LogP contribution in [0.5, 0.6) is 0 Å². The third-order valence-corrected chi connectivity index (χ3v) is 8.08. The number of nitrogens with zero attached hydrogens (tertiary/aromatic N) is 1. The van der Waals surface area contributed by atoms with Crippen LogP contribution in [0.25, 0.3) is 11.1 Å². The van der Waals surface area contributed by atoms with Gasteiger partial charge in [0.25, 0.3) is 0 Å². The fourth-order valence-corrected chi connectivity index (χ4v) is 6.23.